The number of fused-ring (bicyclic) bond motifs is 1. The standard InChI is InChI=1S/C20H24N6O.C4H8O.C2H6/c1-13(27)25-7-6-18(21)17(12-25)20(22)26-8-5-15-9-14(3-4-19(15)26)16-10-23-24(2)11-16;1-2-4-5-3-1;1-2/h3-4,9-11,22H,5-8,12,21H2,1-2H3;1-4H2;1-2H3. The molecule has 1 saturated heterocycles. The van der Waals surface area contributed by atoms with E-state index in [9.17, 15) is 4.79 Å². The van der Waals surface area contributed by atoms with E-state index in [-0.39, 0.29) is 5.91 Å². The summed E-state index contributed by atoms with van der Waals surface area (Å²) in [6, 6.07) is 6.32. The first kappa shape index (κ1) is 25.5. The number of nitrogens with two attached hydrogens (primary N) is 1. The number of ether oxygens (including phenoxy) is 1. The minimum atomic E-state index is 0.0238. The quantitative estimate of drug-likeness (QED) is 0.519. The maximum absolute atomic E-state index is 11.7. The van der Waals surface area contributed by atoms with Crippen molar-refractivity contribution in [3.63, 3.8) is 0 Å². The molecule has 8 nitrogen and oxygen atoms in total. The van der Waals surface area contributed by atoms with E-state index in [0.29, 0.717) is 25.3 Å². The van der Waals surface area contributed by atoms with Crippen LogP contribution in [0.1, 0.15) is 45.6 Å². The molecule has 0 saturated carbocycles. The third kappa shape index (κ3) is 5.86. The number of amidine groups is 1. The van der Waals surface area contributed by atoms with Crippen molar-refractivity contribution in [3.8, 4) is 11.1 Å². The van der Waals surface area contributed by atoms with Gasteiger partial charge in [0.25, 0.3) is 0 Å². The molecule has 0 spiro atoms. The topological polar surface area (TPSA) is 100 Å². The molecule has 0 radical (unpaired) electrons. The Hall–Kier alpha value is -3.13. The summed E-state index contributed by atoms with van der Waals surface area (Å²) in [4.78, 5) is 15.5. The number of carbonyl (C=O) groups excluding carboxylic acids is 1. The van der Waals surface area contributed by atoms with Gasteiger partial charge >= 0.3 is 0 Å². The highest BCUT2D eigenvalue weighted by Crippen LogP contribution is 2.34. The number of nitrogens with one attached hydrogen (secondary N) is 1. The normalized spacial score (nSPS) is 16.9. The van der Waals surface area contributed by atoms with Crippen molar-refractivity contribution < 1.29 is 9.53 Å². The summed E-state index contributed by atoms with van der Waals surface area (Å²) < 4.78 is 6.74. The van der Waals surface area contributed by atoms with Crippen molar-refractivity contribution in [2.45, 2.75) is 46.5 Å². The Bertz CT molecular complexity index is 1030. The van der Waals surface area contributed by atoms with Crippen molar-refractivity contribution in [2.24, 2.45) is 12.8 Å². The zero-order valence-corrected chi connectivity index (χ0v) is 20.9. The number of hydrogen-bond donors (Lipinski definition) is 2. The summed E-state index contributed by atoms with van der Waals surface area (Å²) in [7, 11) is 1.91. The number of benzene rings is 1. The van der Waals surface area contributed by atoms with Crippen molar-refractivity contribution in [1.82, 2.24) is 14.7 Å². The van der Waals surface area contributed by atoms with Crippen molar-refractivity contribution in [1.29, 1.82) is 5.41 Å². The molecule has 5 rings (SSSR count). The molecule has 0 bridgehead atoms. The second-order valence-corrected chi connectivity index (χ2v) is 8.51. The van der Waals surface area contributed by atoms with Crippen LogP contribution in [0.25, 0.3) is 11.1 Å². The number of aromatic nitrogens is 2. The third-order valence-corrected chi connectivity index (χ3v) is 6.23. The molecule has 4 heterocycles. The van der Waals surface area contributed by atoms with Gasteiger partial charge in [0.2, 0.25) is 5.91 Å². The smallest absolute Gasteiger partial charge is 0.219 e. The molecule has 0 unspecified atom stereocenters. The second-order valence-electron chi connectivity index (χ2n) is 8.51. The zero-order valence-electron chi connectivity index (χ0n) is 20.9. The predicted molar refractivity (Wildman–Crippen MR) is 137 cm³/mol. The van der Waals surface area contributed by atoms with Gasteiger partial charge in [0.05, 0.1) is 12.7 Å². The summed E-state index contributed by atoms with van der Waals surface area (Å²) in [6.45, 7) is 9.36. The average Bonchev–Trinajstić information content (AvgIpc) is 3.62. The van der Waals surface area contributed by atoms with Crippen LogP contribution in [0.3, 0.4) is 0 Å². The van der Waals surface area contributed by atoms with E-state index in [1.54, 1.807) is 16.5 Å². The van der Waals surface area contributed by atoms with E-state index >= 15 is 0 Å². The summed E-state index contributed by atoms with van der Waals surface area (Å²) in [5.41, 5.74) is 12.2. The molecular formula is C26H38N6O2. The van der Waals surface area contributed by atoms with Gasteiger partial charge in [0.1, 0.15) is 5.84 Å². The number of anilines is 1. The Morgan fingerprint density at radius 1 is 1.12 bits per heavy atom. The van der Waals surface area contributed by atoms with Gasteiger partial charge in [0.15, 0.2) is 0 Å². The summed E-state index contributed by atoms with van der Waals surface area (Å²) in [5, 5.41) is 13.0. The largest absolute Gasteiger partial charge is 0.402 e. The number of hydrogen-bond acceptors (Lipinski definition) is 5. The molecule has 0 aliphatic carbocycles. The fraction of sp³-hybridized carbons (Fsp3) is 0.500. The van der Waals surface area contributed by atoms with E-state index in [0.717, 1.165) is 54.3 Å². The van der Waals surface area contributed by atoms with E-state index in [1.165, 1.54) is 18.4 Å². The molecule has 34 heavy (non-hydrogen) atoms. The fourth-order valence-electron chi connectivity index (χ4n) is 4.33. The Balaban J connectivity index is 0.000000404. The number of aryl methyl sites for hydroxylation is 1. The Morgan fingerprint density at radius 3 is 2.44 bits per heavy atom. The highest BCUT2D eigenvalue weighted by molar-refractivity contribution is 6.10. The van der Waals surface area contributed by atoms with Crippen LogP contribution < -0.4 is 10.6 Å². The minimum Gasteiger partial charge on any atom is -0.402 e. The van der Waals surface area contributed by atoms with Gasteiger partial charge in [0, 0.05) is 75.4 Å². The van der Waals surface area contributed by atoms with Gasteiger partial charge in [-0.3, -0.25) is 14.9 Å². The molecule has 1 aromatic carbocycles. The molecule has 1 amide bonds. The first-order valence-corrected chi connectivity index (χ1v) is 12.2. The summed E-state index contributed by atoms with van der Waals surface area (Å²) >= 11 is 0. The molecule has 2 aromatic rings. The highest BCUT2D eigenvalue weighted by Gasteiger charge is 2.29. The molecule has 184 valence electrons. The van der Waals surface area contributed by atoms with Crippen LogP contribution >= 0.6 is 0 Å². The maximum atomic E-state index is 11.7. The van der Waals surface area contributed by atoms with E-state index in [1.807, 2.05) is 38.2 Å². The fourth-order valence-corrected chi connectivity index (χ4v) is 4.33. The Labute approximate surface area is 202 Å². The lowest BCUT2D eigenvalue weighted by Gasteiger charge is -2.32. The zero-order chi connectivity index (χ0) is 24.7. The van der Waals surface area contributed by atoms with Crippen LogP contribution in [0.2, 0.25) is 0 Å². The Kier molecular flexibility index (Phi) is 8.87. The number of rotatable bonds is 2. The predicted octanol–water partition coefficient (Wildman–Crippen LogP) is 3.71. The number of nitrogens with zero attached hydrogens (tertiary/aromatic N) is 4. The molecule has 1 aromatic heterocycles. The lowest BCUT2D eigenvalue weighted by Crippen LogP contribution is -2.42. The lowest BCUT2D eigenvalue weighted by molar-refractivity contribution is -0.128. The van der Waals surface area contributed by atoms with Crippen molar-refractivity contribution in [2.75, 3.05) is 37.7 Å². The highest BCUT2D eigenvalue weighted by atomic mass is 16.5. The van der Waals surface area contributed by atoms with Crippen LogP contribution in [-0.2, 0) is 23.0 Å². The first-order chi connectivity index (χ1) is 16.4. The van der Waals surface area contributed by atoms with Gasteiger partial charge < -0.3 is 20.3 Å². The van der Waals surface area contributed by atoms with Crippen LogP contribution in [0, 0.1) is 5.41 Å². The van der Waals surface area contributed by atoms with Crippen LogP contribution in [0.5, 0.6) is 0 Å². The molecule has 3 N–H and O–H groups in total. The van der Waals surface area contributed by atoms with Crippen LogP contribution in [0.15, 0.2) is 41.9 Å². The SMILES string of the molecule is C1CCOC1.CC.CC(=O)N1CCC(N)=C(C(=N)N2CCc3cc(-c4cnn(C)c4)ccc32)C1. The first-order valence-electron chi connectivity index (χ1n) is 12.2. The number of carbonyl (C=O) groups is 1. The van der Waals surface area contributed by atoms with Crippen LogP contribution in [0.4, 0.5) is 5.69 Å². The monoisotopic (exact) mass is 466 g/mol. The summed E-state index contributed by atoms with van der Waals surface area (Å²) in [6.07, 6.45) is 7.92. The molecule has 3 aliphatic rings. The van der Waals surface area contributed by atoms with E-state index in [2.05, 4.69) is 23.3 Å². The molecule has 0 atom stereocenters. The number of amides is 1. The van der Waals surface area contributed by atoms with Crippen molar-refractivity contribution in [3.05, 3.63) is 47.4 Å². The van der Waals surface area contributed by atoms with Crippen LogP contribution in [-0.4, -0.2) is 59.3 Å². The lowest BCUT2D eigenvalue weighted by atomic mass is 10.0. The van der Waals surface area contributed by atoms with Gasteiger partial charge in [-0.1, -0.05) is 19.9 Å². The molecular weight excluding hydrogens is 428 g/mol. The van der Waals surface area contributed by atoms with Gasteiger partial charge in [-0.2, -0.15) is 5.10 Å². The second kappa shape index (κ2) is 11.8. The average molecular weight is 467 g/mol. The van der Waals surface area contributed by atoms with Gasteiger partial charge in [-0.15, -0.1) is 0 Å². The van der Waals surface area contributed by atoms with Crippen molar-refractivity contribution >= 4 is 17.4 Å². The van der Waals surface area contributed by atoms with Gasteiger partial charge in [-0.25, -0.2) is 0 Å². The maximum Gasteiger partial charge on any atom is 0.219 e. The third-order valence-electron chi connectivity index (χ3n) is 6.23. The Morgan fingerprint density at radius 2 is 1.85 bits per heavy atom. The molecule has 1 fully saturated rings. The van der Waals surface area contributed by atoms with Gasteiger partial charge in [-0.05, 0) is 42.5 Å². The van der Waals surface area contributed by atoms with E-state index < -0.39 is 0 Å². The van der Waals surface area contributed by atoms with E-state index in [4.69, 9.17) is 15.9 Å². The minimum absolute atomic E-state index is 0.0238. The summed E-state index contributed by atoms with van der Waals surface area (Å²) in [5.74, 6) is 0.432. The molecule has 8 heteroatoms. The molecule has 3 aliphatic heterocycles.